The van der Waals surface area contributed by atoms with Crippen molar-refractivity contribution in [1.29, 1.82) is 0 Å². The molecule has 0 spiro atoms. The first-order valence-electron chi connectivity index (χ1n) is 8.18. The van der Waals surface area contributed by atoms with E-state index in [1.807, 2.05) is 4.90 Å². The van der Waals surface area contributed by atoms with E-state index in [9.17, 15) is 9.59 Å². The van der Waals surface area contributed by atoms with Gasteiger partial charge in [0.25, 0.3) is 5.56 Å². The quantitative estimate of drug-likeness (QED) is 0.800. The molecule has 120 valence electrons. The maximum Gasteiger partial charge on any atom is 0.256 e. The Kier molecular flexibility index (Phi) is 4.29. The van der Waals surface area contributed by atoms with E-state index in [0.29, 0.717) is 19.5 Å². The molecule has 0 saturated carbocycles. The summed E-state index contributed by atoms with van der Waals surface area (Å²) in [6, 6.07) is 0.00634. The zero-order valence-electron chi connectivity index (χ0n) is 13.4. The summed E-state index contributed by atoms with van der Waals surface area (Å²) < 4.78 is 1.51. The van der Waals surface area contributed by atoms with Gasteiger partial charge in [-0.1, -0.05) is 13.3 Å². The van der Waals surface area contributed by atoms with E-state index in [4.69, 9.17) is 0 Å². The minimum absolute atomic E-state index is 0.00634. The van der Waals surface area contributed by atoms with Crippen molar-refractivity contribution >= 4 is 5.91 Å². The molecule has 3 heterocycles. The Morgan fingerprint density at radius 3 is 2.95 bits per heavy atom. The summed E-state index contributed by atoms with van der Waals surface area (Å²) in [7, 11) is 1.72. The van der Waals surface area contributed by atoms with Gasteiger partial charge in [-0.25, -0.2) is 4.98 Å². The normalized spacial score (nSPS) is 22.5. The van der Waals surface area contributed by atoms with Gasteiger partial charge in [0.2, 0.25) is 5.91 Å². The summed E-state index contributed by atoms with van der Waals surface area (Å²) in [5, 5.41) is 0. The molecule has 1 fully saturated rings. The first kappa shape index (κ1) is 15.2. The minimum Gasteiger partial charge on any atom is -0.335 e. The van der Waals surface area contributed by atoms with Gasteiger partial charge >= 0.3 is 0 Å². The molecule has 22 heavy (non-hydrogen) atoms. The van der Waals surface area contributed by atoms with Crippen LogP contribution >= 0.6 is 0 Å². The lowest BCUT2D eigenvalue weighted by atomic mass is 9.99. The summed E-state index contributed by atoms with van der Waals surface area (Å²) >= 11 is 0. The molecule has 0 radical (unpaired) electrons. The highest BCUT2D eigenvalue weighted by atomic mass is 16.2. The maximum atomic E-state index is 12.9. The number of aromatic nitrogens is 2. The van der Waals surface area contributed by atoms with Gasteiger partial charge in [0.05, 0.1) is 24.6 Å². The smallest absolute Gasteiger partial charge is 0.256 e. The Hall–Kier alpha value is -1.69. The number of amides is 1. The van der Waals surface area contributed by atoms with Gasteiger partial charge in [0, 0.05) is 19.2 Å². The molecule has 0 N–H and O–H groups in total. The van der Waals surface area contributed by atoms with Crippen molar-refractivity contribution in [3.05, 3.63) is 27.9 Å². The number of likely N-dealkylation sites (N-methyl/N-ethyl adjacent to an activating group) is 1. The molecular formula is C16H24N4O2. The van der Waals surface area contributed by atoms with E-state index in [0.717, 1.165) is 37.2 Å². The van der Waals surface area contributed by atoms with Crippen LogP contribution in [0.2, 0.25) is 0 Å². The molecule has 0 aromatic carbocycles. The molecule has 0 bridgehead atoms. The van der Waals surface area contributed by atoms with Gasteiger partial charge in [-0.2, -0.15) is 0 Å². The molecule has 0 unspecified atom stereocenters. The van der Waals surface area contributed by atoms with E-state index >= 15 is 0 Å². The number of nitrogens with zero attached hydrogens (tertiary/aromatic N) is 4. The highest BCUT2D eigenvalue weighted by molar-refractivity contribution is 5.82. The monoisotopic (exact) mass is 304 g/mol. The number of rotatable bonds is 2. The molecule has 1 atom stereocenters. The number of aryl methyl sites for hydroxylation is 1. The topological polar surface area (TPSA) is 58.4 Å². The second-order valence-corrected chi connectivity index (χ2v) is 6.24. The van der Waals surface area contributed by atoms with Crippen LogP contribution in [-0.4, -0.2) is 50.9 Å². The highest BCUT2D eigenvalue weighted by Crippen LogP contribution is 2.21. The predicted octanol–water partition coefficient (Wildman–Crippen LogP) is 0.539. The Labute approximate surface area is 130 Å². The zero-order chi connectivity index (χ0) is 15.7. The van der Waals surface area contributed by atoms with Gasteiger partial charge in [-0.3, -0.25) is 14.5 Å². The van der Waals surface area contributed by atoms with Crippen LogP contribution in [0.15, 0.2) is 11.1 Å². The van der Waals surface area contributed by atoms with Gasteiger partial charge in [0.1, 0.15) is 0 Å². The van der Waals surface area contributed by atoms with E-state index < -0.39 is 0 Å². The van der Waals surface area contributed by atoms with Crippen molar-refractivity contribution in [2.75, 3.05) is 19.6 Å². The lowest BCUT2D eigenvalue weighted by Gasteiger charge is -2.38. The van der Waals surface area contributed by atoms with Crippen molar-refractivity contribution in [1.82, 2.24) is 19.4 Å². The van der Waals surface area contributed by atoms with E-state index in [1.54, 1.807) is 13.4 Å². The summed E-state index contributed by atoms with van der Waals surface area (Å²) in [5.41, 5.74) is 1.55. The van der Waals surface area contributed by atoms with Crippen molar-refractivity contribution in [2.45, 2.75) is 45.2 Å². The summed E-state index contributed by atoms with van der Waals surface area (Å²) in [6.45, 7) is 5.14. The third-order valence-electron chi connectivity index (χ3n) is 4.90. The molecule has 3 rings (SSSR count). The van der Waals surface area contributed by atoms with Crippen molar-refractivity contribution < 1.29 is 4.79 Å². The van der Waals surface area contributed by atoms with E-state index in [1.165, 1.54) is 11.0 Å². The average molecular weight is 304 g/mol. The number of hydrogen-bond acceptors (Lipinski definition) is 4. The minimum atomic E-state index is 0.00634. The molecule has 1 aromatic rings. The summed E-state index contributed by atoms with van der Waals surface area (Å²) in [4.78, 5) is 33.5. The summed E-state index contributed by atoms with van der Waals surface area (Å²) in [5.74, 6) is 0.203. The second-order valence-electron chi connectivity index (χ2n) is 6.24. The molecule has 1 aromatic heterocycles. The predicted molar refractivity (Wildman–Crippen MR) is 83.5 cm³/mol. The molecule has 6 heteroatoms. The average Bonchev–Trinajstić information content (AvgIpc) is 2.57. The second kappa shape index (κ2) is 6.20. The molecule has 2 aliphatic rings. The molecule has 2 aliphatic heterocycles. The largest absolute Gasteiger partial charge is 0.335 e. The van der Waals surface area contributed by atoms with E-state index in [2.05, 4.69) is 16.8 Å². The number of fused-ring (bicyclic) bond motifs is 1. The third-order valence-corrected chi connectivity index (χ3v) is 4.90. The molecule has 6 nitrogen and oxygen atoms in total. The van der Waals surface area contributed by atoms with Crippen LogP contribution in [-0.2, 0) is 24.8 Å². The fourth-order valence-corrected chi connectivity index (χ4v) is 3.57. The zero-order valence-corrected chi connectivity index (χ0v) is 13.4. The number of likely N-dealkylation sites (tertiary alicyclic amines) is 1. The number of hydrogen-bond donors (Lipinski definition) is 0. The summed E-state index contributed by atoms with van der Waals surface area (Å²) in [6.07, 6.45) is 5.41. The van der Waals surface area contributed by atoms with Crippen LogP contribution < -0.4 is 5.56 Å². The first-order valence-corrected chi connectivity index (χ1v) is 8.18. The van der Waals surface area contributed by atoms with Crippen LogP contribution in [0.25, 0.3) is 0 Å². The standard InChI is InChI=1S/C16H24N4O2/c1-3-19-8-5-4-6-14(19)16(22)20-9-7-12-13(10-20)17-11-18(2)15(12)21/h11,14H,3-10H2,1-2H3/t14-/m0/s1. The lowest BCUT2D eigenvalue weighted by molar-refractivity contribution is -0.139. The van der Waals surface area contributed by atoms with Crippen LogP contribution in [0.3, 0.4) is 0 Å². The Balaban J connectivity index is 1.78. The van der Waals surface area contributed by atoms with Crippen molar-refractivity contribution in [3.8, 4) is 0 Å². The maximum absolute atomic E-state index is 12.9. The molecule has 1 amide bonds. The van der Waals surface area contributed by atoms with Gasteiger partial charge in [-0.15, -0.1) is 0 Å². The molecule has 0 aliphatic carbocycles. The third kappa shape index (κ3) is 2.67. The first-order chi connectivity index (χ1) is 10.6. The van der Waals surface area contributed by atoms with Crippen molar-refractivity contribution in [3.63, 3.8) is 0 Å². The van der Waals surface area contributed by atoms with Crippen LogP contribution in [0, 0.1) is 0 Å². The van der Waals surface area contributed by atoms with Crippen LogP contribution in [0.5, 0.6) is 0 Å². The van der Waals surface area contributed by atoms with Gasteiger partial charge < -0.3 is 9.47 Å². The number of piperidine rings is 1. The fourth-order valence-electron chi connectivity index (χ4n) is 3.57. The van der Waals surface area contributed by atoms with Gasteiger partial charge in [-0.05, 0) is 32.4 Å². The number of carbonyl (C=O) groups excluding carboxylic acids is 1. The lowest BCUT2D eigenvalue weighted by Crippen LogP contribution is -2.52. The van der Waals surface area contributed by atoms with Crippen LogP contribution in [0.4, 0.5) is 0 Å². The Bertz CT molecular complexity index is 625. The SMILES string of the molecule is CCN1CCCC[C@H]1C(=O)N1CCc2c(ncn(C)c2=O)C1. The van der Waals surface area contributed by atoms with Gasteiger partial charge in [0.15, 0.2) is 0 Å². The number of carbonyl (C=O) groups is 1. The Morgan fingerprint density at radius 1 is 1.36 bits per heavy atom. The highest BCUT2D eigenvalue weighted by Gasteiger charge is 2.33. The molecular weight excluding hydrogens is 280 g/mol. The van der Waals surface area contributed by atoms with E-state index in [-0.39, 0.29) is 17.5 Å². The Morgan fingerprint density at radius 2 is 2.18 bits per heavy atom. The fraction of sp³-hybridized carbons (Fsp3) is 0.688. The van der Waals surface area contributed by atoms with Crippen molar-refractivity contribution in [2.24, 2.45) is 7.05 Å². The molecule has 1 saturated heterocycles. The van der Waals surface area contributed by atoms with Crippen LogP contribution in [0.1, 0.15) is 37.4 Å².